The van der Waals surface area contributed by atoms with E-state index in [1.54, 1.807) is 6.20 Å². The van der Waals surface area contributed by atoms with Crippen LogP contribution in [-0.4, -0.2) is 28.2 Å². The van der Waals surface area contributed by atoms with Gasteiger partial charge >= 0.3 is 0 Å². The zero-order chi connectivity index (χ0) is 12.4. The maximum absolute atomic E-state index is 5.40. The van der Waals surface area contributed by atoms with Crippen molar-refractivity contribution in [3.05, 3.63) is 29.9 Å². The molecule has 0 radical (unpaired) electrons. The van der Waals surface area contributed by atoms with E-state index >= 15 is 0 Å². The lowest BCUT2D eigenvalue weighted by atomic mass is 9.98. The van der Waals surface area contributed by atoms with Crippen molar-refractivity contribution in [3.63, 3.8) is 0 Å². The molecule has 0 aromatic carbocycles. The molecule has 1 aliphatic heterocycles. The largest absolute Gasteiger partial charge is 0.339 e. The number of nitrogens with one attached hydrogen (secondary N) is 1. The van der Waals surface area contributed by atoms with Gasteiger partial charge in [-0.2, -0.15) is 4.98 Å². The Morgan fingerprint density at radius 1 is 1.33 bits per heavy atom. The van der Waals surface area contributed by atoms with Crippen LogP contribution in [0.3, 0.4) is 0 Å². The summed E-state index contributed by atoms with van der Waals surface area (Å²) < 4.78 is 5.40. The second-order valence-corrected chi connectivity index (χ2v) is 4.67. The molecule has 5 nitrogen and oxygen atoms in total. The Kier molecular flexibility index (Phi) is 3.06. The third-order valence-electron chi connectivity index (χ3n) is 3.39. The first-order chi connectivity index (χ1) is 8.84. The molecule has 0 bridgehead atoms. The fourth-order valence-corrected chi connectivity index (χ4v) is 2.30. The van der Waals surface area contributed by atoms with Crippen LogP contribution < -0.4 is 5.32 Å². The number of piperidine rings is 1. The summed E-state index contributed by atoms with van der Waals surface area (Å²) in [7, 11) is 0. The Morgan fingerprint density at radius 2 is 2.17 bits per heavy atom. The van der Waals surface area contributed by atoms with Crippen molar-refractivity contribution in [3.8, 4) is 11.4 Å². The van der Waals surface area contributed by atoms with Crippen molar-refractivity contribution in [2.75, 3.05) is 13.1 Å². The highest BCUT2D eigenvalue weighted by Crippen LogP contribution is 2.26. The monoisotopic (exact) mass is 244 g/mol. The summed E-state index contributed by atoms with van der Waals surface area (Å²) in [4.78, 5) is 8.60. The molecule has 0 amide bonds. The van der Waals surface area contributed by atoms with E-state index in [2.05, 4.69) is 20.4 Å². The van der Waals surface area contributed by atoms with Gasteiger partial charge in [-0.05, 0) is 44.5 Å². The molecule has 94 valence electrons. The van der Waals surface area contributed by atoms with Gasteiger partial charge in [-0.1, -0.05) is 5.16 Å². The maximum Gasteiger partial charge on any atom is 0.230 e. The van der Waals surface area contributed by atoms with E-state index < -0.39 is 0 Å². The van der Waals surface area contributed by atoms with E-state index in [4.69, 9.17) is 4.52 Å². The molecular formula is C13H16N4O. The van der Waals surface area contributed by atoms with Gasteiger partial charge in [0, 0.05) is 23.9 Å². The molecule has 1 saturated heterocycles. The summed E-state index contributed by atoms with van der Waals surface area (Å²) in [5.74, 6) is 1.83. The van der Waals surface area contributed by atoms with Gasteiger partial charge in [-0.3, -0.25) is 4.98 Å². The van der Waals surface area contributed by atoms with Gasteiger partial charge in [0.25, 0.3) is 0 Å². The normalized spacial score (nSPS) is 16.9. The van der Waals surface area contributed by atoms with Crippen LogP contribution in [-0.2, 0) is 0 Å². The van der Waals surface area contributed by atoms with Crippen molar-refractivity contribution >= 4 is 0 Å². The lowest BCUT2D eigenvalue weighted by Gasteiger charge is -2.18. The summed E-state index contributed by atoms with van der Waals surface area (Å²) in [5.41, 5.74) is 2.06. The van der Waals surface area contributed by atoms with Crippen LogP contribution in [0.2, 0.25) is 0 Å². The van der Waals surface area contributed by atoms with Crippen LogP contribution in [0.15, 0.2) is 23.0 Å². The topological polar surface area (TPSA) is 63.8 Å². The first-order valence-electron chi connectivity index (χ1n) is 6.30. The van der Waals surface area contributed by atoms with Crippen molar-refractivity contribution in [1.82, 2.24) is 20.4 Å². The minimum Gasteiger partial charge on any atom is -0.339 e. The molecular weight excluding hydrogens is 228 g/mol. The number of rotatable bonds is 2. The smallest absolute Gasteiger partial charge is 0.230 e. The molecule has 3 heterocycles. The average molecular weight is 244 g/mol. The van der Waals surface area contributed by atoms with Crippen molar-refractivity contribution < 1.29 is 4.52 Å². The highest BCUT2D eigenvalue weighted by molar-refractivity contribution is 5.57. The third kappa shape index (κ3) is 2.13. The van der Waals surface area contributed by atoms with Crippen molar-refractivity contribution in [2.24, 2.45) is 0 Å². The van der Waals surface area contributed by atoms with Gasteiger partial charge in [0.1, 0.15) is 0 Å². The first kappa shape index (κ1) is 11.3. The van der Waals surface area contributed by atoms with E-state index in [-0.39, 0.29) is 0 Å². The lowest BCUT2D eigenvalue weighted by molar-refractivity contribution is 0.320. The quantitative estimate of drug-likeness (QED) is 0.874. The van der Waals surface area contributed by atoms with E-state index in [0.717, 1.165) is 42.9 Å². The van der Waals surface area contributed by atoms with Crippen molar-refractivity contribution in [2.45, 2.75) is 25.7 Å². The Balaban J connectivity index is 1.87. The van der Waals surface area contributed by atoms with Gasteiger partial charge in [0.2, 0.25) is 11.7 Å². The number of hydrogen-bond acceptors (Lipinski definition) is 5. The van der Waals surface area contributed by atoms with Gasteiger partial charge in [-0.25, -0.2) is 0 Å². The molecule has 3 rings (SSSR count). The van der Waals surface area contributed by atoms with Crippen LogP contribution in [0.1, 0.15) is 30.2 Å². The fraction of sp³-hybridized carbons (Fsp3) is 0.462. The summed E-state index contributed by atoms with van der Waals surface area (Å²) in [6.07, 6.45) is 5.70. The number of aryl methyl sites for hydroxylation is 1. The molecule has 0 aliphatic carbocycles. The van der Waals surface area contributed by atoms with Crippen LogP contribution in [0.25, 0.3) is 11.4 Å². The minimum atomic E-state index is 0.398. The summed E-state index contributed by atoms with van der Waals surface area (Å²) in [6, 6.07) is 1.92. The van der Waals surface area contributed by atoms with Crippen LogP contribution in [0.4, 0.5) is 0 Å². The molecule has 0 atom stereocenters. The highest BCUT2D eigenvalue weighted by Gasteiger charge is 2.21. The van der Waals surface area contributed by atoms with E-state index in [1.807, 2.05) is 19.2 Å². The summed E-state index contributed by atoms with van der Waals surface area (Å²) in [5, 5.41) is 7.42. The predicted octanol–water partition coefficient (Wildman–Crippen LogP) is 1.91. The molecule has 0 unspecified atom stereocenters. The number of pyridine rings is 1. The zero-order valence-corrected chi connectivity index (χ0v) is 10.4. The van der Waals surface area contributed by atoms with Gasteiger partial charge in [0.05, 0.1) is 0 Å². The second-order valence-electron chi connectivity index (χ2n) is 4.67. The number of nitrogens with zero attached hydrogens (tertiary/aromatic N) is 3. The standard InChI is InChI=1S/C13H16N4O/c1-9-8-15-7-4-11(9)12-16-13(18-17-12)10-2-5-14-6-3-10/h4,7-8,10,14H,2-3,5-6H2,1H3. The van der Waals surface area contributed by atoms with Crippen LogP contribution in [0.5, 0.6) is 0 Å². The van der Waals surface area contributed by atoms with Crippen LogP contribution >= 0.6 is 0 Å². The molecule has 0 spiro atoms. The molecule has 2 aromatic rings. The Morgan fingerprint density at radius 3 is 2.94 bits per heavy atom. The predicted molar refractivity (Wildman–Crippen MR) is 67.1 cm³/mol. The molecule has 2 aromatic heterocycles. The average Bonchev–Trinajstić information content (AvgIpc) is 2.90. The highest BCUT2D eigenvalue weighted by atomic mass is 16.5. The second kappa shape index (κ2) is 4.86. The Labute approximate surface area is 106 Å². The minimum absolute atomic E-state index is 0.398. The summed E-state index contributed by atoms with van der Waals surface area (Å²) >= 11 is 0. The molecule has 5 heteroatoms. The van der Waals surface area contributed by atoms with Gasteiger partial charge in [0.15, 0.2) is 0 Å². The fourth-order valence-electron chi connectivity index (χ4n) is 2.30. The van der Waals surface area contributed by atoms with Crippen LogP contribution in [0, 0.1) is 6.92 Å². The molecule has 18 heavy (non-hydrogen) atoms. The first-order valence-corrected chi connectivity index (χ1v) is 6.30. The van der Waals surface area contributed by atoms with Gasteiger partial charge < -0.3 is 9.84 Å². The zero-order valence-electron chi connectivity index (χ0n) is 10.4. The Hall–Kier alpha value is -1.75. The molecule has 1 fully saturated rings. The number of aromatic nitrogens is 3. The number of hydrogen-bond donors (Lipinski definition) is 1. The van der Waals surface area contributed by atoms with E-state index in [9.17, 15) is 0 Å². The lowest BCUT2D eigenvalue weighted by Crippen LogP contribution is -2.26. The van der Waals surface area contributed by atoms with Crippen molar-refractivity contribution in [1.29, 1.82) is 0 Å². The summed E-state index contributed by atoms with van der Waals surface area (Å²) in [6.45, 7) is 4.05. The molecule has 1 N–H and O–H groups in total. The molecule has 1 aliphatic rings. The third-order valence-corrected chi connectivity index (χ3v) is 3.39. The maximum atomic E-state index is 5.40. The van der Waals surface area contributed by atoms with E-state index in [1.165, 1.54) is 0 Å². The Bertz CT molecular complexity index is 531. The van der Waals surface area contributed by atoms with Gasteiger partial charge in [-0.15, -0.1) is 0 Å². The molecule has 0 saturated carbocycles. The van der Waals surface area contributed by atoms with E-state index in [0.29, 0.717) is 11.7 Å². The SMILES string of the molecule is Cc1cnccc1-c1noc(C2CCNCC2)n1.